The van der Waals surface area contributed by atoms with Crippen molar-refractivity contribution in [1.82, 2.24) is 4.90 Å². The number of cyclic esters (lactones) is 1. The maximum atomic E-state index is 11.5. The van der Waals surface area contributed by atoms with E-state index in [0.717, 1.165) is 19.3 Å². The molecule has 0 bridgehead atoms. The number of ether oxygens (including phenoxy) is 1. The summed E-state index contributed by atoms with van der Waals surface area (Å²) in [5, 5.41) is 9.30. The van der Waals surface area contributed by atoms with Gasteiger partial charge in [0.25, 0.3) is 0 Å². The molecule has 2 rings (SSSR count). The van der Waals surface area contributed by atoms with Gasteiger partial charge >= 0.3 is 12.1 Å². The molecule has 1 saturated heterocycles. The summed E-state index contributed by atoms with van der Waals surface area (Å²) in [6.45, 7) is 1.38. The monoisotopic (exact) mass is 227 g/mol. The molecule has 1 heterocycles. The number of hydrogen-bond donors (Lipinski definition) is 1. The summed E-state index contributed by atoms with van der Waals surface area (Å²) >= 11 is 0. The van der Waals surface area contributed by atoms with Gasteiger partial charge in [-0.3, -0.25) is 4.79 Å². The van der Waals surface area contributed by atoms with Crippen LogP contribution in [-0.2, 0) is 9.53 Å². The molecule has 0 aromatic rings. The first-order chi connectivity index (χ1) is 7.64. The predicted molar refractivity (Wildman–Crippen MR) is 56.1 cm³/mol. The Morgan fingerprint density at radius 3 is 2.62 bits per heavy atom. The number of aliphatic carboxylic acids is 1. The highest BCUT2D eigenvalue weighted by Gasteiger charge is 2.44. The van der Waals surface area contributed by atoms with E-state index in [9.17, 15) is 14.7 Å². The van der Waals surface area contributed by atoms with Crippen LogP contribution in [0.3, 0.4) is 0 Å². The molecule has 1 amide bonds. The fourth-order valence-corrected chi connectivity index (χ4v) is 2.60. The number of amides is 1. The van der Waals surface area contributed by atoms with Gasteiger partial charge in [0.1, 0.15) is 0 Å². The summed E-state index contributed by atoms with van der Waals surface area (Å²) < 4.78 is 4.92. The molecule has 0 aromatic carbocycles. The number of hydrogen-bond acceptors (Lipinski definition) is 3. The average molecular weight is 227 g/mol. The molecule has 5 nitrogen and oxygen atoms in total. The van der Waals surface area contributed by atoms with E-state index in [1.54, 1.807) is 4.90 Å². The second-order valence-electron chi connectivity index (χ2n) is 4.68. The predicted octanol–water partition coefficient (Wildman–Crippen LogP) is 1.47. The largest absolute Gasteiger partial charge is 0.481 e. The van der Waals surface area contributed by atoms with Gasteiger partial charge in [0.15, 0.2) is 0 Å². The van der Waals surface area contributed by atoms with Gasteiger partial charge in [-0.2, -0.15) is 0 Å². The number of carboxylic acids is 1. The van der Waals surface area contributed by atoms with Gasteiger partial charge in [-0.25, -0.2) is 4.79 Å². The van der Waals surface area contributed by atoms with E-state index >= 15 is 0 Å². The Labute approximate surface area is 94.4 Å². The van der Waals surface area contributed by atoms with Crippen molar-refractivity contribution in [1.29, 1.82) is 0 Å². The molecule has 1 aliphatic heterocycles. The van der Waals surface area contributed by atoms with Gasteiger partial charge in [-0.1, -0.05) is 12.8 Å². The molecule has 0 unspecified atom stereocenters. The Morgan fingerprint density at radius 1 is 1.38 bits per heavy atom. The van der Waals surface area contributed by atoms with Gasteiger partial charge in [-0.15, -0.1) is 0 Å². The van der Waals surface area contributed by atoms with E-state index in [1.165, 1.54) is 0 Å². The van der Waals surface area contributed by atoms with Crippen LogP contribution in [-0.4, -0.2) is 41.8 Å². The van der Waals surface area contributed by atoms with Crippen molar-refractivity contribution >= 4 is 12.1 Å². The second kappa shape index (κ2) is 4.31. The fourth-order valence-electron chi connectivity index (χ4n) is 2.60. The summed E-state index contributed by atoms with van der Waals surface area (Å²) in [4.78, 5) is 24.3. The Hall–Kier alpha value is -1.26. The molecule has 1 aliphatic carbocycles. The Bertz CT molecular complexity index is 296. The molecule has 1 saturated carbocycles. The third-order valence-corrected chi connectivity index (χ3v) is 3.56. The van der Waals surface area contributed by atoms with E-state index in [1.807, 2.05) is 0 Å². The van der Waals surface area contributed by atoms with E-state index < -0.39 is 11.4 Å². The van der Waals surface area contributed by atoms with Gasteiger partial charge in [0, 0.05) is 13.1 Å². The van der Waals surface area contributed by atoms with Crippen molar-refractivity contribution in [2.75, 3.05) is 19.7 Å². The summed E-state index contributed by atoms with van der Waals surface area (Å²) in [7, 11) is 0. The molecule has 90 valence electrons. The van der Waals surface area contributed by atoms with Crippen LogP contribution >= 0.6 is 0 Å². The molecule has 0 spiro atoms. The second-order valence-corrected chi connectivity index (χ2v) is 4.68. The molecule has 5 heteroatoms. The number of rotatable bonds is 3. The van der Waals surface area contributed by atoms with Crippen molar-refractivity contribution < 1.29 is 19.4 Å². The van der Waals surface area contributed by atoms with Crippen LogP contribution in [0.15, 0.2) is 0 Å². The zero-order valence-corrected chi connectivity index (χ0v) is 9.28. The maximum Gasteiger partial charge on any atom is 0.409 e. The minimum absolute atomic E-state index is 0.307. The lowest BCUT2D eigenvalue weighted by Crippen LogP contribution is -2.47. The van der Waals surface area contributed by atoms with Crippen molar-refractivity contribution in [3.8, 4) is 0 Å². The zero-order valence-electron chi connectivity index (χ0n) is 9.28. The van der Waals surface area contributed by atoms with Crippen LogP contribution in [0.5, 0.6) is 0 Å². The molecule has 16 heavy (non-hydrogen) atoms. The number of carbonyl (C=O) groups is 2. The first kappa shape index (κ1) is 11.2. The zero-order chi connectivity index (χ0) is 11.6. The molecule has 2 fully saturated rings. The van der Waals surface area contributed by atoms with Crippen molar-refractivity contribution in [3.63, 3.8) is 0 Å². The number of nitrogens with zero attached hydrogens (tertiary/aromatic N) is 1. The minimum Gasteiger partial charge on any atom is -0.481 e. The van der Waals surface area contributed by atoms with E-state index in [4.69, 9.17) is 4.74 Å². The number of carbonyl (C=O) groups excluding carboxylic acids is 1. The quantitative estimate of drug-likeness (QED) is 0.792. The fraction of sp³-hybridized carbons (Fsp3) is 0.818. The molecule has 0 aromatic heterocycles. The van der Waals surface area contributed by atoms with Crippen molar-refractivity contribution in [2.45, 2.75) is 32.1 Å². The molecular formula is C11H17NO4. The van der Waals surface area contributed by atoms with E-state index in [-0.39, 0.29) is 6.09 Å². The Morgan fingerprint density at radius 2 is 2.06 bits per heavy atom. The lowest BCUT2D eigenvalue weighted by Gasteiger charge is -2.33. The van der Waals surface area contributed by atoms with Gasteiger partial charge in [0.05, 0.1) is 12.0 Å². The highest BCUT2D eigenvalue weighted by atomic mass is 16.6. The highest BCUT2D eigenvalue weighted by Crippen LogP contribution is 2.39. The normalized spacial score (nSPS) is 24.2. The van der Waals surface area contributed by atoms with Gasteiger partial charge < -0.3 is 14.7 Å². The van der Waals surface area contributed by atoms with Crippen molar-refractivity contribution in [2.24, 2.45) is 5.41 Å². The third-order valence-electron chi connectivity index (χ3n) is 3.56. The molecule has 0 atom stereocenters. The van der Waals surface area contributed by atoms with Crippen LogP contribution < -0.4 is 0 Å². The summed E-state index contributed by atoms with van der Waals surface area (Å²) in [6.07, 6.45) is 3.66. The Kier molecular flexibility index (Phi) is 3.03. The topological polar surface area (TPSA) is 66.8 Å². The van der Waals surface area contributed by atoms with Crippen LogP contribution in [0.1, 0.15) is 32.1 Å². The molecule has 0 radical (unpaired) electrons. The lowest BCUT2D eigenvalue weighted by molar-refractivity contribution is -0.149. The van der Waals surface area contributed by atoms with Crippen LogP contribution in [0.2, 0.25) is 0 Å². The van der Waals surface area contributed by atoms with E-state index in [2.05, 4.69) is 0 Å². The summed E-state index contributed by atoms with van der Waals surface area (Å²) in [5.74, 6) is -0.775. The van der Waals surface area contributed by atoms with Gasteiger partial charge in [-0.05, 0) is 19.3 Å². The van der Waals surface area contributed by atoms with Crippen LogP contribution in [0, 0.1) is 5.41 Å². The van der Waals surface area contributed by atoms with Crippen molar-refractivity contribution in [3.05, 3.63) is 0 Å². The average Bonchev–Trinajstić information content (AvgIpc) is 2.71. The van der Waals surface area contributed by atoms with Gasteiger partial charge in [0.2, 0.25) is 0 Å². The SMILES string of the molecule is O=C1OCCCN1CC1(C(=O)O)CCCC1. The minimum atomic E-state index is -0.775. The molecular weight excluding hydrogens is 210 g/mol. The first-order valence-electron chi connectivity index (χ1n) is 5.79. The Balaban J connectivity index is 2.05. The summed E-state index contributed by atoms with van der Waals surface area (Å²) in [6, 6.07) is 0. The van der Waals surface area contributed by atoms with Crippen LogP contribution in [0.4, 0.5) is 4.79 Å². The van der Waals surface area contributed by atoms with E-state index in [0.29, 0.717) is 32.5 Å². The maximum absolute atomic E-state index is 11.5. The molecule has 1 N–H and O–H groups in total. The highest BCUT2D eigenvalue weighted by molar-refractivity contribution is 5.77. The standard InChI is InChI=1S/C11H17NO4/c13-9(14)11(4-1-2-5-11)8-12-6-3-7-16-10(12)15/h1-8H2,(H,13,14). The number of carboxylic acid groups (broad SMARTS) is 1. The van der Waals surface area contributed by atoms with Crippen LogP contribution in [0.25, 0.3) is 0 Å². The third kappa shape index (κ3) is 1.99. The summed E-state index contributed by atoms with van der Waals surface area (Å²) in [5.41, 5.74) is -0.726. The smallest absolute Gasteiger partial charge is 0.409 e. The first-order valence-corrected chi connectivity index (χ1v) is 5.79. The molecule has 2 aliphatic rings. The lowest BCUT2D eigenvalue weighted by atomic mass is 9.85.